The fraction of sp³-hybridized carbons (Fsp3) is 0.648. The summed E-state index contributed by atoms with van der Waals surface area (Å²) in [5, 5.41) is 21.8. The molecule has 3 unspecified atom stereocenters. The Morgan fingerprint density at radius 3 is 1.35 bits per heavy atom. The Kier molecular flexibility index (Phi) is 45.3. The summed E-state index contributed by atoms with van der Waals surface area (Å²) in [6.07, 6.45) is 61.8. The van der Waals surface area contributed by atoms with Crippen LogP contribution in [0.4, 0.5) is 0 Å². The molecule has 0 heterocycles. The number of phosphoric ester groups is 1. The number of aliphatic carboxylic acids is 1. The maximum Gasteiger partial charge on any atom is 0.472 e. The molecule has 0 aliphatic carbocycles. The third-order valence-electron chi connectivity index (χ3n) is 10.4. The molecule has 1 amide bonds. The molecule has 0 spiro atoms. The molecule has 0 aliphatic heterocycles. The number of ether oxygens (including phenoxy) is 1. The van der Waals surface area contributed by atoms with Gasteiger partial charge in [-0.3, -0.25) is 18.6 Å². The largest absolute Gasteiger partial charge is 0.480 e. The maximum atomic E-state index is 12.3. The van der Waals surface area contributed by atoms with Gasteiger partial charge in [0.25, 0.3) is 0 Å². The van der Waals surface area contributed by atoms with Gasteiger partial charge in [-0.2, -0.15) is 0 Å². The van der Waals surface area contributed by atoms with Gasteiger partial charge >= 0.3 is 19.8 Å². The van der Waals surface area contributed by atoms with Crippen molar-refractivity contribution in [3.05, 3.63) is 97.2 Å². The minimum Gasteiger partial charge on any atom is -0.480 e. The predicted molar refractivity (Wildman–Crippen MR) is 272 cm³/mol. The lowest BCUT2D eigenvalue weighted by Gasteiger charge is -2.18. The second-order valence-corrected chi connectivity index (χ2v) is 18.1. The molecule has 66 heavy (non-hydrogen) atoms. The van der Waals surface area contributed by atoms with Gasteiger partial charge in [-0.1, -0.05) is 201 Å². The number of aliphatic hydroxyl groups excluding tert-OH is 1. The smallest absolute Gasteiger partial charge is 0.472 e. The predicted octanol–water partition coefficient (Wildman–Crippen LogP) is 14.0. The van der Waals surface area contributed by atoms with Crippen LogP contribution in [-0.2, 0) is 32.7 Å². The minimum atomic E-state index is -4.79. The van der Waals surface area contributed by atoms with Gasteiger partial charge in [0.05, 0.1) is 13.2 Å². The molecule has 0 saturated heterocycles. The molecule has 0 radical (unpaired) electrons. The number of hydrogen-bond acceptors (Lipinski definition) is 8. The number of hydrogen-bond donors (Lipinski definition) is 4. The molecule has 11 nitrogen and oxygen atoms in total. The van der Waals surface area contributed by atoms with Gasteiger partial charge in [0.1, 0.15) is 12.7 Å². The number of carboxylic acids is 1. The quantitative estimate of drug-likeness (QED) is 0.0199. The summed E-state index contributed by atoms with van der Waals surface area (Å²) in [5.74, 6) is -2.56. The maximum absolute atomic E-state index is 12.3. The second-order valence-electron chi connectivity index (χ2n) is 16.6. The van der Waals surface area contributed by atoms with Gasteiger partial charge in [-0.15, -0.1) is 0 Å². The summed E-state index contributed by atoms with van der Waals surface area (Å²) < 4.78 is 26.9. The summed E-state index contributed by atoms with van der Waals surface area (Å²) in [5.41, 5.74) is 0. The Hall–Kier alpha value is -3.60. The molecular weight excluding hydrogens is 854 g/mol. The number of unbranched alkanes of at least 4 members (excludes halogenated alkanes) is 17. The van der Waals surface area contributed by atoms with Gasteiger partial charge < -0.3 is 25.2 Å². The first-order valence-electron chi connectivity index (χ1n) is 25.3. The summed E-state index contributed by atoms with van der Waals surface area (Å²) in [4.78, 5) is 46.0. The Bertz CT molecular complexity index is 1480. The zero-order valence-corrected chi connectivity index (χ0v) is 41.9. The number of amides is 1. The first-order valence-corrected chi connectivity index (χ1v) is 26.8. The number of rotatable bonds is 46. The third kappa shape index (κ3) is 46.9. The normalized spacial score (nSPS) is 14.4. The van der Waals surface area contributed by atoms with Crippen LogP contribution in [0.25, 0.3) is 0 Å². The van der Waals surface area contributed by atoms with Crippen LogP contribution in [0.3, 0.4) is 0 Å². The molecule has 376 valence electrons. The summed E-state index contributed by atoms with van der Waals surface area (Å²) >= 11 is 0. The number of phosphoric acid groups is 1. The SMILES string of the molecule is CC/C=C\C/C=C\C/C=C\C/C=C\C/C=C\C/C=C\C/C=C\CC(=O)NC(COP(=O)(O)OCC(O)COC(=O)CCCCCCCCCCCCC/C=C/CCCCCCCC)C(=O)O. The van der Waals surface area contributed by atoms with Crippen molar-refractivity contribution in [2.45, 2.75) is 206 Å². The molecule has 4 N–H and O–H groups in total. The van der Waals surface area contributed by atoms with Crippen LogP contribution in [0, 0.1) is 0 Å². The highest BCUT2D eigenvalue weighted by molar-refractivity contribution is 7.47. The lowest BCUT2D eigenvalue weighted by Crippen LogP contribution is -2.43. The van der Waals surface area contributed by atoms with Gasteiger partial charge in [0, 0.05) is 12.8 Å². The number of nitrogens with one attached hydrogen (secondary N) is 1. The Balaban J connectivity index is 3.96. The molecule has 3 atom stereocenters. The third-order valence-corrected chi connectivity index (χ3v) is 11.3. The number of aliphatic hydroxyl groups is 1. The van der Waals surface area contributed by atoms with E-state index in [-0.39, 0.29) is 12.8 Å². The van der Waals surface area contributed by atoms with E-state index in [1.54, 1.807) is 12.2 Å². The van der Waals surface area contributed by atoms with Crippen LogP contribution < -0.4 is 5.32 Å². The zero-order chi connectivity index (χ0) is 48.4. The number of allylic oxidation sites excluding steroid dienone is 15. The van der Waals surface area contributed by atoms with Crippen LogP contribution in [-0.4, -0.2) is 64.9 Å². The zero-order valence-electron chi connectivity index (χ0n) is 41.0. The summed E-state index contributed by atoms with van der Waals surface area (Å²) in [7, 11) is -4.79. The van der Waals surface area contributed by atoms with E-state index >= 15 is 0 Å². The molecule has 12 heteroatoms. The van der Waals surface area contributed by atoms with Crippen molar-refractivity contribution >= 4 is 25.7 Å². The number of carbonyl (C=O) groups is 3. The van der Waals surface area contributed by atoms with Crippen LogP contribution in [0.5, 0.6) is 0 Å². The van der Waals surface area contributed by atoms with E-state index in [1.165, 1.54) is 96.3 Å². The first kappa shape index (κ1) is 62.4. The Labute approximate surface area is 400 Å². The topological polar surface area (TPSA) is 169 Å². The van der Waals surface area contributed by atoms with Crippen LogP contribution in [0.2, 0.25) is 0 Å². The van der Waals surface area contributed by atoms with Crippen molar-refractivity contribution < 1.29 is 47.8 Å². The highest BCUT2D eigenvalue weighted by Crippen LogP contribution is 2.43. The first-order chi connectivity index (χ1) is 32.1. The second kappa shape index (κ2) is 47.9. The highest BCUT2D eigenvalue weighted by atomic mass is 31.2. The number of carboxylic acid groups (broad SMARTS) is 1. The van der Waals surface area contributed by atoms with E-state index in [1.807, 2.05) is 12.2 Å². The van der Waals surface area contributed by atoms with Gasteiger partial charge in [-0.25, -0.2) is 9.36 Å². The fourth-order valence-corrected chi connectivity index (χ4v) is 7.28. The monoisotopic (exact) mass is 944 g/mol. The average Bonchev–Trinajstić information content (AvgIpc) is 3.29. The molecule has 0 fully saturated rings. The van der Waals surface area contributed by atoms with Crippen molar-refractivity contribution in [1.82, 2.24) is 5.32 Å². The molecule has 0 aromatic carbocycles. The molecule has 0 saturated carbocycles. The molecule has 0 aromatic heterocycles. The summed E-state index contributed by atoms with van der Waals surface area (Å²) in [6.45, 7) is 2.42. The molecular formula is C54H90NO10P. The van der Waals surface area contributed by atoms with Gasteiger partial charge in [0.15, 0.2) is 6.04 Å². The molecule has 0 rings (SSSR count). The van der Waals surface area contributed by atoms with E-state index < -0.39 is 57.6 Å². The van der Waals surface area contributed by atoms with E-state index in [4.69, 9.17) is 13.8 Å². The molecule has 0 bridgehead atoms. The summed E-state index contributed by atoms with van der Waals surface area (Å²) in [6, 6.07) is -1.61. The van der Waals surface area contributed by atoms with Crippen molar-refractivity contribution in [3.8, 4) is 0 Å². The van der Waals surface area contributed by atoms with E-state index in [9.17, 15) is 34.1 Å². The number of esters is 1. The fourth-order valence-electron chi connectivity index (χ4n) is 6.51. The van der Waals surface area contributed by atoms with Crippen LogP contribution in [0.1, 0.15) is 194 Å². The Morgan fingerprint density at radius 1 is 0.515 bits per heavy atom. The van der Waals surface area contributed by atoms with Crippen molar-refractivity contribution in [2.75, 3.05) is 19.8 Å². The van der Waals surface area contributed by atoms with Crippen molar-refractivity contribution in [3.63, 3.8) is 0 Å². The average molecular weight is 944 g/mol. The minimum absolute atomic E-state index is 0.0944. The van der Waals surface area contributed by atoms with Crippen LogP contribution in [0.15, 0.2) is 97.2 Å². The Morgan fingerprint density at radius 2 is 0.909 bits per heavy atom. The van der Waals surface area contributed by atoms with Crippen molar-refractivity contribution in [1.29, 1.82) is 0 Å². The van der Waals surface area contributed by atoms with E-state index in [0.717, 1.165) is 57.8 Å². The van der Waals surface area contributed by atoms with Crippen molar-refractivity contribution in [2.24, 2.45) is 0 Å². The standard InChI is InChI=1S/C54H90NO10P/c1-3-5-7-9-11-13-15-17-19-21-23-25-27-29-31-33-35-37-39-41-43-45-52(57)55-51(54(59)60)49-65-66(61,62)64-48-50(56)47-63-53(58)46-44-42-40-38-36-34-32-30-28-26-24-22-20-18-16-14-12-10-8-6-4-2/h5,7,11,13,17-20,23,25,29,31,35,37,41,43,50-51,56H,3-4,6,8-10,12,14-16,21-22,24,26-28,30,32-34,36,38-40,42,44-49H2,1-2H3,(H,55,57)(H,59,60)(H,61,62)/b7-5-,13-11-,19-17-,20-18+,25-23-,31-29-,37-35-,43-41-. The lowest BCUT2D eigenvalue weighted by molar-refractivity contribution is -0.147. The van der Waals surface area contributed by atoms with Crippen LogP contribution >= 0.6 is 7.82 Å². The van der Waals surface area contributed by atoms with E-state index in [2.05, 4.69) is 92.1 Å². The lowest BCUT2D eigenvalue weighted by atomic mass is 10.0. The van der Waals surface area contributed by atoms with E-state index in [0.29, 0.717) is 12.8 Å². The van der Waals surface area contributed by atoms with Gasteiger partial charge in [-0.05, 0) is 77.0 Å². The number of carbonyl (C=O) groups excluding carboxylic acids is 2. The highest BCUT2D eigenvalue weighted by Gasteiger charge is 2.28. The molecule has 0 aromatic rings. The molecule has 0 aliphatic rings. The van der Waals surface area contributed by atoms with Gasteiger partial charge in [0.2, 0.25) is 5.91 Å².